The highest BCUT2D eigenvalue weighted by Crippen LogP contribution is 2.32. The summed E-state index contributed by atoms with van der Waals surface area (Å²) in [4.78, 5) is 16.1. The number of carbonyl (C=O) groups excluding carboxylic acids is 1. The van der Waals surface area contributed by atoms with E-state index in [1.54, 1.807) is 0 Å². The molecule has 2 aromatic carbocycles. The molecule has 0 unspecified atom stereocenters. The lowest BCUT2D eigenvalue weighted by Gasteiger charge is -2.35. The third kappa shape index (κ3) is 4.51. The van der Waals surface area contributed by atoms with Crippen LogP contribution in [0.15, 0.2) is 59.6 Å². The van der Waals surface area contributed by atoms with Gasteiger partial charge in [0, 0.05) is 40.8 Å². The molecule has 5 heteroatoms. The summed E-state index contributed by atoms with van der Waals surface area (Å²) < 4.78 is 7.87. The maximum Gasteiger partial charge on any atom is 0.242 e. The van der Waals surface area contributed by atoms with Crippen molar-refractivity contribution in [2.24, 2.45) is 0 Å². The summed E-state index contributed by atoms with van der Waals surface area (Å²) in [5, 5.41) is 1.21. The van der Waals surface area contributed by atoms with Gasteiger partial charge in [-0.25, -0.2) is 0 Å². The van der Waals surface area contributed by atoms with Gasteiger partial charge in [0.2, 0.25) is 5.91 Å². The van der Waals surface area contributed by atoms with E-state index < -0.39 is 0 Å². The second-order valence-electron chi connectivity index (χ2n) is 7.91. The number of rotatable bonds is 5. The molecule has 0 aliphatic carbocycles. The van der Waals surface area contributed by atoms with Crippen molar-refractivity contribution < 1.29 is 9.53 Å². The average Bonchev–Trinajstić information content (AvgIpc) is 3.04. The number of fused-ring (bicyclic) bond motifs is 1. The van der Waals surface area contributed by atoms with E-state index in [1.807, 2.05) is 36.6 Å². The van der Waals surface area contributed by atoms with Crippen molar-refractivity contribution in [3.63, 3.8) is 0 Å². The molecule has 1 fully saturated rings. The molecule has 4 nitrogen and oxygen atoms in total. The standard InChI is InChI=1S/C24H28N2O2S/c1-17-8-4-5-9-20(17)16-29-23-14-25(22-11-7-6-10-21(22)23)15-24(27)26-12-18(2)28-19(3)13-26/h4-11,14,18-19H,12-13,15-16H2,1-3H3/t18-,19-/m1/s1. The van der Waals surface area contributed by atoms with Gasteiger partial charge < -0.3 is 14.2 Å². The number of para-hydroxylation sites is 1. The fourth-order valence-corrected chi connectivity index (χ4v) is 5.18. The van der Waals surface area contributed by atoms with E-state index >= 15 is 0 Å². The average molecular weight is 409 g/mol. The zero-order valence-electron chi connectivity index (χ0n) is 17.3. The van der Waals surface area contributed by atoms with Gasteiger partial charge in [-0.3, -0.25) is 4.79 Å². The number of morpholine rings is 1. The van der Waals surface area contributed by atoms with Gasteiger partial charge in [0.15, 0.2) is 0 Å². The Balaban J connectivity index is 1.54. The van der Waals surface area contributed by atoms with Crippen LogP contribution in [-0.4, -0.2) is 40.7 Å². The van der Waals surface area contributed by atoms with Crippen LogP contribution >= 0.6 is 11.8 Å². The molecule has 1 saturated heterocycles. The maximum atomic E-state index is 13.0. The molecule has 0 bridgehead atoms. The molecule has 1 amide bonds. The van der Waals surface area contributed by atoms with Crippen LogP contribution in [0.4, 0.5) is 0 Å². The Morgan fingerprint density at radius 3 is 2.52 bits per heavy atom. The number of thioether (sulfide) groups is 1. The third-order valence-electron chi connectivity index (χ3n) is 5.47. The van der Waals surface area contributed by atoms with Crippen molar-refractivity contribution in [2.45, 2.75) is 50.2 Å². The van der Waals surface area contributed by atoms with Crippen molar-refractivity contribution in [2.75, 3.05) is 13.1 Å². The smallest absolute Gasteiger partial charge is 0.242 e. The van der Waals surface area contributed by atoms with Crippen molar-refractivity contribution in [3.05, 3.63) is 65.9 Å². The van der Waals surface area contributed by atoms with Gasteiger partial charge in [0.25, 0.3) is 0 Å². The molecular weight excluding hydrogens is 380 g/mol. The lowest BCUT2D eigenvalue weighted by molar-refractivity contribution is -0.143. The highest BCUT2D eigenvalue weighted by molar-refractivity contribution is 7.98. The summed E-state index contributed by atoms with van der Waals surface area (Å²) in [7, 11) is 0. The van der Waals surface area contributed by atoms with E-state index in [0.29, 0.717) is 19.6 Å². The number of carbonyl (C=O) groups is 1. The molecule has 1 aromatic heterocycles. The Hall–Kier alpha value is -2.24. The first-order valence-corrected chi connectivity index (χ1v) is 11.2. The third-order valence-corrected chi connectivity index (χ3v) is 6.57. The molecular formula is C24H28N2O2S. The zero-order chi connectivity index (χ0) is 20.4. The second-order valence-corrected chi connectivity index (χ2v) is 8.93. The number of amides is 1. The van der Waals surface area contributed by atoms with E-state index in [0.717, 1.165) is 11.3 Å². The van der Waals surface area contributed by atoms with Gasteiger partial charge in [-0.05, 0) is 38.0 Å². The van der Waals surface area contributed by atoms with Crippen LogP contribution in [0, 0.1) is 6.92 Å². The van der Waals surface area contributed by atoms with Crippen LogP contribution < -0.4 is 0 Å². The van der Waals surface area contributed by atoms with Gasteiger partial charge in [0.05, 0.1) is 12.2 Å². The largest absolute Gasteiger partial charge is 0.372 e. The monoisotopic (exact) mass is 408 g/mol. The van der Waals surface area contributed by atoms with Crippen molar-refractivity contribution in [3.8, 4) is 0 Å². The topological polar surface area (TPSA) is 34.5 Å². The molecule has 29 heavy (non-hydrogen) atoms. The fourth-order valence-electron chi connectivity index (χ4n) is 4.01. The molecule has 0 saturated carbocycles. The Kier molecular flexibility index (Phi) is 5.97. The summed E-state index contributed by atoms with van der Waals surface area (Å²) in [5.41, 5.74) is 3.78. The number of aryl methyl sites for hydroxylation is 1. The quantitative estimate of drug-likeness (QED) is 0.565. The molecule has 0 radical (unpaired) electrons. The van der Waals surface area contributed by atoms with Crippen LogP contribution in [0.1, 0.15) is 25.0 Å². The van der Waals surface area contributed by atoms with Gasteiger partial charge in [-0.1, -0.05) is 42.5 Å². The zero-order valence-corrected chi connectivity index (χ0v) is 18.1. The Morgan fingerprint density at radius 2 is 1.76 bits per heavy atom. The molecule has 1 aliphatic heterocycles. The summed E-state index contributed by atoms with van der Waals surface area (Å²) in [6.45, 7) is 7.91. The number of ether oxygens (including phenoxy) is 1. The molecule has 152 valence electrons. The summed E-state index contributed by atoms with van der Waals surface area (Å²) in [6.07, 6.45) is 2.31. The predicted octanol–water partition coefficient (Wildman–Crippen LogP) is 4.88. The molecule has 3 aromatic rings. The SMILES string of the molecule is Cc1ccccc1CSc1cn(CC(=O)N2C[C@@H](C)O[C@H](C)C2)c2ccccc12. The van der Waals surface area contributed by atoms with E-state index in [1.165, 1.54) is 21.4 Å². The van der Waals surface area contributed by atoms with Crippen molar-refractivity contribution >= 4 is 28.6 Å². The van der Waals surface area contributed by atoms with Crippen LogP contribution in [0.5, 0.6) is 0 Å². The molecule has 1 aliphatic rings. The number of hydrogen-bond acceptors (Lipinski definition) is 3. The molecule has 4 rings (SSSR count). The minimum absolute atomic E-state index is 0.0873. The highest BCUT2D eigenvalue weighted by atomic mass is 32.2. The van der Waals surface area contributed by atoms with E-state index in [4.69, 9.17) is 4.74 Å². The van der Waals surface area contributed by atoms with Crippen molar-refractivity contribution in [1.29, 1.82) is 0 Å². The van der Waals surface area contributed by atoms with Crippen LogP contribution in [0.3, 0.4) is 0 Å². The van der Waals surface area contributed by atoms with Gasteiger partial charge in [-0.15, -0.1) is 11.8 Å². The number of aromatic nitrogens is 1. The predicted molar refractivity (Wildman–Crippen MR) is 119 cm³/mol. The lowest BCUT2D eigenvalue weighted by Crippen LogP contribution is -2.49. The Labute approximate surface area is 176 Å². The normalized spacial score (nSPS) is 19.6. The molecule has 2 atom stereocenters. The van der Waals surface area contributed by atoms with Crippen molar-refractivity contribution in [1.82, 2.24) is 9.47 Å². The minimum Gasteiger partial charge on any atom is -0.372 e. The lowest BCUT2D eigenvalue weighted by atomic mass is 10.1. The second kappa shape index (κ2) is 8.64. The van der Waals surface area contributed by atoms with E-state index in [9.17, 15) is 4.79 Å². The molecule has 0 N–H and O–H groups in total. The fraction of sp³-hybridized carbons (Fsp3) is 0.375. The minimum atomic E-state index is 0.0873. The Morgan fingerprint density at radius 1 is 1.07 bits per heavy atom. The Bertz CT molecular complexity index is 1000. The van der Waals surface area contributed by atoms with Crippen LogP contribution in [0.2, 0.25) is 0 Å². The number of hydrogen-bond donors (Lipinski definition) is 0. The van der Waals surface area contributed by atoms with Gasteiger partial charge in [0.1, 0.15) is 6.54 Å². The first-order chi connectivity index (χ1) is 14.0. The summed E-state index contributed by atoms with van der Waals surface area (Å²) >= 11 is 1.84. The summed E-state index contributed by atoms with van der Waals surface area (Å²) in [6, 6.07) is 16.9. The van der Waals surface area contributed by atoms with Crippen LogP contribution in [0.25, 0.3) is 10.9 Å². The number of nitrogens with zero attached hydrogens (tertiary/aromatic N) is 2. The molecule has 0 spiro atoms. The first-order valence-electron chi connectivity index (χ1n) is 10.2. The first kappa shape index (κ1) is 20.0. The van der Waals surface area contributed by atoms with E-state index in [-0.39, 0.29) is 18.1 Å². The number of benzene rings is 2. The molecule has 2 heterocycles. The van der Waals surface area contributed by atoms with E-state index in [2.05, 4.69) is 60.2 Å². The summed E-state index contributed by atoms with van der Waals surface area (Å²) in [5.74, 6) is 1.08. The van der Waals surface area contributed by atoms with Gasteiger partial charge >= 0.3 is 0 Å². The maximum absolute atomic E-state index is 13.0. The van der Waals surface area contributed by atoms with Crippen LogP contribution in [-0.2, 0) is 21.8 Å². The highest BCUT2D eigenvalue weighted by Gasteiger charge is 2.26. The van der Waals surface area contributed by atoms with Gasteiger partial charge in [-0.2, -0.15) is 0 Å².